The minimum Gasteiger partial charge on any atom is -0.454 e. The second-order valence-corrected chi connectivity index (χ2v) is 8.69. The Morgan fingerprint density at radius 3 is 2.52 bits per heavy atom. The van der Waals surface area contributed by atoms with Crippen LogP contribution in [-0.2, 0) is 14.8 Å². The average molecular weight is 415 g/mol. The van der Waals surface area contributed by atoms with Gasteiger partial charge in [-0.25, -0.2) is 8.42 Å². The molecule has 0 atom stereocenters. The lowest BCUT2D eigenvalue weighted by Gasteiger charge is -2.29. The number of hydrogen-bond donors (Lipinski definition) is 0. The van der Waals surface area contributed by atoms with Crippen LogP contribution in [0.5, 0.6) is 17.2 Å². The van der Waals surface area contributed by atoms with Crippen molar-refractivity contribution in [3.05, 3.63) is 59.5 Å². The molecule has 2 aromatic carbocycles. The van der Waals surface area contributed by atoms with Crippen molar-refractivity contribution in [3.63, 3.8) is 0 Å². The zero-order valence-corrected chi connectivity index (χ0v) is 16.5. The second-order valence-electron chi connectivity index (χ2n) is 6.87. The van der Waals surface area contributed by atoms with Crippen LogP contribution >= 0.6 is 0 Å². The molecule has 2 aliphatic heterocycles. The number of rotatable bonds is 5. The highest BCUT2D eigenvalue weighted by atomic mass is 32.2. The van der Waals surface area contributed by atoms with E-state index in [2.05, 4.69) is 0 Å². The van der Waals surface area contributed by atoms with Crippen molar-refractivity contribution < 1.29 is 27.4 Å². The molecule has 152 valence electrons. The van der Waals surface area contributed by atoms with E-state index in [0.717, 1.165) is 5.56 Å². The lowest BCUT2D eigenvalue weighted by atomic mass is 9.98. The first-order chi connectivity index (χ1) is 14.0. The van der Waals surface area contributed by atoms with E-state index in [1.54, 1.807) is 24.3 Å². The molecular weight excluding hydrogens is 394 g/mol. The van der Waals surface area contributed by atoms with Crippen molar-refractivity contribution in [2.45, 2.75) is 12.8 Å². The van der Waals surface area contributed by atoms with Crippen molar-refractivity contribution in [2.24, 2.45) is 5.92 Å². The molecule has 4 rings (SSSR count). The molecule has 2 aromatic rings. The smallest absolute Gasteiger partial charge is 0.314 e. The van der Waals surface area contributed by atoms with Crippen molar-refractivity contribution in [1.82, 2.24) is 4.31 Å². The maximum absolute atomic E-state index is 12.5. The molecule has 0 amide bonds. The first kappa shape index (κ1) is 19.5. The van der Waals surface area contributed by atoms with Crippen LogP contribution in [0.4, 0.5) is 0 Å². The number of hydrogen-bond acceptors (Lipinski definition) is 6. The highest BCUT2D eigenvalue weighted by Gasteiger charge is 2.31. The summed E-state index contributed by atoms with van der Waals surface area (Å²) in [5.41, 5.74) is 0.818. The fraction of sp³-hybridized carbons (Fsp3) is 0.286. The lowest BCUT2D eigenvalue weighted by molar-refractivity contribution is -0.140. The third-order valence-electron chi connectivity index (χ3n) is 4.94. The van der Waals surface area contributed by atoms with Gasteiger partial charge in [-0.3, -0.25) is 4.79 Å². The van der Waals surface area contributed by atoms with Gasteiger partial charge in [0.05, 0.1) is 5.92 Å². The SMILES string of the molecule is O=C(Oc1ccc2c(c1)OCO2)C1CCN(S(=O)(=O)/C=C/c2ccccc2)CC1. The fourth-order valence-corrected chi connectivity index (χ4v) is 4.52. The first-order valence-corrected chi connectivity index (χ1v) is 10.9. The Labute approximate surface area is 169 Å². The molecule has 1 fully saturated rings. The Morgan fingerprint density at radius 2 is 1.76 bits per heavy atom. The highest BCUT2D eigenvalue weighted by Crippen LogP contribution is 2.35. The Bertz CT molecular complexity index is 1010. The van der Waals surface area contributed by atoms with E-state index in [1.807, 2.05) is 30.3 Å². The molecule has 0 bridgehead atoms. The summed E-state index contributed by atoms with van der Waals surface area (Å²) in [6.07, 6.45) is 2.42. The Kier molecular flexibility index (Phi) is 5.55. The van der Waals surface area contributed by atoms with Crippen LogP contribution in [0.1, 0.15) is 18.4 Å². The van der Waals surface area contributed by atoms with Gasteiger partial charge in [-0.1, -0.05) is 30.3 Å². The van der Waals surface area contributed by atoms with Crippen molar-refractivity contribution >= 4 is 22.1 Å². The molecule has 0 saturated carbocycles. The van der Waals surface area contributed by atoms with Crippen LogP contribution in [0.15, 0.2) is 53.9 Å². The summed E-state index contributed by atoms with van der Waals surface area (Å²) in [5.74, 6) is 0.846. The Hall–Kier alpha value is -2.84. The van der Waals surface area contributed by atoms with Gasteiger partial charge in [0.1, 0.15) is 5.75 Å². The number of piperidine rings is 1. The summed E-state index contributed by atoms with van der Waals surface area (Å²) in [6, 6.07) is 14.2. The van der Waals surface area contributed by atoms with E-state index in [-0.39, 0.29) is 31.8 Å². The van der Waals surface area contributed by atoms with Crippen molar-refractivity contribution in [1.29, 1.82) is 0 Å². The standard InChI is InChI=1S/C21H21NO6S/c23-21(28-18-6-7-19-20(14-18)27-15-26-19)17-8-11-22(12-9-17)29(24,25)13-10-16-4-2-1-3-5-16/h1-7,10,13-14,17H,8-9,11-12,15H2/b13-10+. The van der Waals surface area contributed by atoms with E-state index < -0.39 is 10.0 Å². The van der Waals surface area contributed by atoms with Gasteiger partial charge in [-0.2, -0.15) is 4.31 Å². The molecule has 7 nitrogen and oxygen atoms in total. The molecule has 0 aromatic heterocycles. The largest absolute Gasteiger partial charge is 0.454 e. The van der Waals surface area contributed by atoms with E-state index in [1.165, 1.54) is 9.71 Å². The number of nitrogens with zero attached hydrogens (tertiary/aromatic N) is 1. The van der Waals surface area contributed by atoms with Crippen LogP contribution in [0, 0.1) is 5.92 Å². The molecule has 0 radical (unpaired) electrons. The molecule has 8 heteroatoms. The minimum absolute atomic E-state index is 0.151. The normalized spacial score (nSPS) is 17.5. The first-order valence-electron chi connectivity index (χ1n) is 9.36. The molecule has 0 spiro atoms. The third-order valence-corrected chi connectivity index (χ3v) is 6.51. The molecule has 0 N–H and O–H groups in total. The monoisotopic (exact) mass is 415 g/mol. The summed E-state index contributed by atoms with van der Waals surface area (Å²) < 4.78 is 42.4. The predicted molar refractivity (Wildman–Crippen MR) is 107 cm³/mol. The van der Waals surface area contributed by atoms with Gasteiger partial charge in [0.25, 0.3) is 0 Å². The summed E-state index contributed by atoms with van der Waals surface area (Å²) in [6.45, 7) is 0.711. The fourth-order valence-electron chi connectivity index (χ4n) is 3.30. The summed E-state index contributed by atoms with van der Waals surface area (Å²) in [5, 5.41) is 1.22. The number of esters is 1. The number of fused-ring (bicyclic) bond motifs is 1. The number of carbonyl (C=O) groups is 1. The molecular formula is C21H21NO6S. The quantitative estimate of drug-likeness (QED) is 0.552. The van der Waals surface area contributed by atoms with Gasteiger partial charge in [0.2, 0.25) is 16.8 Å². The predicted octanol–water partition coefficient (Wildman–Crippen LogP) is 3.03. The van der Waals surface area contributed by atoms with Gasteiger partial charge in [-0.15, -0.1) is 0 Å². The third kappa shape index (κ3) is 4.60. The van der Waals surface area contributed by atoms with Crippen LogP contribution in [0.25, 0.3) is 6.08 Å². The van der Waals surface area contributed by atoms with Gasteiger partial charge >= 0.3 is 5.97 Å². The lowest BCUT2D eigenvalue weighted by Crippen LogP contribution is -2.40. The van der Waals surface area contributed by atoms with E-state index >= 15 is 0 Å². The number of carbonyl (C=O) groups excluding carboxylic acids is 1. The van der Waals surface area contributed by atoms with Gasteiger partial charge < -0.3 is 14.2 Å². The molecule has 29 heavy (non-hydrogen) atoms. The maximum atomic E-state index is 12.5. The molecule has 0 aliphatic carbocycles. The van der Waals surface area contributed by atoms with Crippen molar-refractivity contribution in [3.8, 4) is 17.2 Å². The number of ether oxygens (including phenoxy) is 3. The Morgan fingerprint density at radius 1 is 1.03 bits per heavy atom. The van der Waals surface area contributed by atoms with Crippen molar-refractivity contribution in [2.75, 3.05) is 19.9 Å². The van der Waals surface area contributed by atoms with Gasteiger partial charge in [0, 0.05) is 24.6 Å². The number of sulfonamides is 1. The number of benzene rings is 2. The van der Waals surface area contributed by atoms with E-state index in [9.17, 15) is 13.2 Å². The van der Waals surface area contributed by atoms with Crippen LogP contribution in [0.3, 0.4) is 0 Å². The maximum Gasteiger partial charge on any atom is 0.314 e. The summed E-state index contributed by atoms with van der Waals surface area (Å²) in [4.78, 5) is 12.5. The molecule has 2 aliphatic rings. The molecule has 0 unspecified atom stereocenters. The zero-order valence-electron chi connectivity index (χ0n) is 15.7. The van der Waals surface area contributed by atoms with Gasteiger partial charge in [-0.05, 0) is 36.6 Å². The van der Waals surface area contributed by atoms with E-state index in [4.69, 9.17) is 14.2 Å². The minimum atomic E-state index is -3.53. The summed E-state index contributed by atoms with van der Waals surface area (Å²) >= 11 is 0. The topological polar surface area (TPSA) is 82.1 Å². The zero-order chi connectivity index (χ0) is 20.3. The van der Waals surface area contributed by atoms with Crippen LogP contribution < -0.4 is 14.2 Å². The van der Waals surface area contributed by atoms with Crippen LogP contribution in [0.2, 0.25) is 0 Å². The van der Waals surface area contributed by atoms with Gasteiger partial charge in [0.15, 0.2) is 11.5 Å². The second kappa shape index (κ2) is 8.26. The molecule has 2 heterocycles. The average Bonchev–Trinajstić information content (AvgIpc) is 3.21. The highest BCUT2D eigenvalue weighted by molar-refractivity contribution is 7.92. The van der Waals surface area contributed by atoms with Crippen LogP contribution in [-0.4, -0.2) is 38.6 Å². The van der Waals surface area contributed by atoms with E-state index in [0.29, 0.717) is 30.1 Å². The summed E-state index contributed by atoms with van der Waals surface area (Å²) in [7, 11) is -3.53. The molecule has 1 saturated heterocycles. The Balaban J connectivity index is 1.32.